The number of hydrogen-bond donors (Lipinski definition) is 1. The van der Waals surface area contributed by atoms with Crippen molar-refractivity contribution in [3.05, 3.63) is 64.2 Å². The summed E-state index contributed by atoms with van der Waals surface area (Å²) in [4.78, 5) is 26.0. The van der Waals surface area contributed by atoms with Gasteiger partial charge in [0.05, 0.1) is 16.2 Å². The number of amides is 2. The van der Waals surface area contributed by atoms with E-state index in [1.807, 2.05) is 4.90 Å². The van der Waals surface area contributed by atoms with Crippen molar-refractivity contribution in [2.45, 2.75) is 6.18 Å². The quantitative estimate of drug-likeness (QED) is 0.631. The monoisotopic (exact) mass is 394 g/mol. The Bertz CT molecular complexity index is 863. The van der Waals surface area contributed by atoms with Crippen molar-refractivity contribution in [1.82, 2.24) is 4.90 Å². The standard InChI is InChI=1S/C18H17F3N4O3/c19-18(20,21)15-3-1-2-4-16(15)22-17(26)24-11-9-23(10-12-24)13-5-7-14(8-6-13)25(27)28/h1-8H,9-12H2,(H,22,26). The number of nitrogens with one attached hydrogen (secondary N) is 1. The molecule has 2 amide bonds. The SMILES string of the molecule is O=C(Nc1ccccc1C(F)(F)F)N1CCN(c2ccc([N+](=O)[O-])cc2)CC1. The van der Waals surface area contributed by atoms with Crippen LogP contribution in [0.25, 0.3) is 0 Å². The smallest absolute Gasteiger partial charge is 0.368 e. The fraction of sp³-hybridized carbons (Fsp3) is 0.278. The molecular formula is C18H17F3N4O3. The number of nitrogens with zero attached hydrogens (tertiary/aromatic N) is 3. The van der Waals surface area contributed by atoms with Crippen LogP contribution in [0.5, 0.6) is 0 Å². The Balaban J connectivity index is 1.61. The molecule has 1 N–H and O–H groups in total. The van der Waals surface area contributed by atoms with E-state index in [1.54, 1.807) is 12.1 Å². The zero-order valence-corrected chi connectivity index (χ0v) is 14.6. The van der Waals surface area contributed by atoms with Crippen molar-refractivity contribution in [3.63, 3.8) is 0 Å². The highest BCUT2D eigenvalue weighted by Crippen LogP contribution is 2.34. The van der Waals surface area contributed by atoms with Crippen LogP contribution >= 0.6 is 0 Å². The van der Waals surface area contributed by atoms with Crippen LogP contribution in [-0.2, 0) is 6.18 Å². The van der Waals surface area contributed by atoms with E-state index >= 15 is 0 Å². The van der Waals surface area contributed by atoms with Gasteiger partial charge in [0.2, 0.25) is 0 Å². The third-order valence-electron chi connectivity index (χ3n) is 4.47. The van der Waals surface area contributed by atoms with Gasteiger partial charge in [0, 0.05) is 44.0 Å². The van der Waals surface area contributed by atoms with E-state index in [2.05, 4.69) is 5.32 Å². The summed E-state index contributed by atoms with van der Waals surface area (Å²) >= 11 is 0. The topological polar surface area (TPSA) is 78.7 Å². The Morgan fingerprint density at radius 1 is 1.00 bits per heavy atom. The second-order valence-electron chi connectivity index (χ2n) is 6.22. The number of alkyl halides is 3. The van der Waals surface area contributed by atoms with Gasteiger partial charge in [0.25, 0.3) is 5.69 Å². The number of nitro groups is 1. The zero-order chi connectivity index (χ0) is 20.3. The minimum absolute atomic E-state index is 0.00917. The molecule has 0 bridgehead atoms. The highest BCUT2D eigenvalue weighted by atomic mass is 19.4. The molecule has 1 heterocycles. The largest absolute Gasteiger partial charge is 0.418 e. The molecule has 28 heavy (non-hydrogen) atoms. The van der Waals surface area contributed by atoms with Gasteiger partial charge >= 0.3 is 12.2 Å². The van der Waals surface area contributed by atoms with E-state index in [0.29, 0.717) is 26.2 Å². The van der Waals surface area contributed by atoms with Crippen LogP contribution in [0.15, 0.2) is 48.5 Å². The lowest BCUT2D eigenvalue weighted by Gasteiger charge is -2.36. The molecule has 3 rings (SSSR count). The van der Waals surface area contributed by atoms with Gasteiger partial charge in [0.1, 0.15) is 0 Å². The Morgan fingerprint density at radius 3 is 2.18 bits per heavy atom. The number of benzene rings is 2. The van der Waals surface area contributed by atoms with Gasteiger partial charge < -0.3 is 15.1 Å². The highest BCUT2D eigenvalue weighted by Gasteiger charge is 2.34. The molecule has 0 radical (unpaired) electrons. The zero-order valence-electron chi connectivity index (χ0n) is 14.6. The lowest BCUT2D eigenvalue weighted by atomic mass is 10.1. The number of hydrogen-bond acceptors (Lipinski definition) is 4. The molecule has 0 aliphatic carbocycles. The normalized spacial score (nSPS) is 14.7. The van der Waals surface area contributed by atoms with E-state index in [4.69, 9.17) is 0 Å². The molecule has 0 atom stereocenters. The minimum Gasteiger partial charge on any atom is -0.368 e. The first-order chi connectivity index (χ1) is 13.3. The maximum absolute atomic E-state index is 13.0. The molecule has 148 valence electrons. The number of rotatable bonds is 3. The lowest BCUT2D eigenvalue weighted by Crippen LogP contribution is -2.50. The number of non-ortho nitro benzene ring substituents is 1. The predicted molar refractivity (Wildman–Crippen MR) is 97.3 cm³/mol. The molecule has 1 fully saturated rings. The number of carbonyl (C=O) groups is 1. The van der Waals surface area contributed by atoms with Crippen LogP contribution in [0.2, 0.25) is 0 Å². The minimum atomic E-state index is -4.56. The van der Waals surface area contributed by atoms with E-state index < -0.39 is 22.7 Å². The van der Waals surface area contributed by atoms with Crippen LogP contribution < -0.4 is 10.2 Å². The van der Waals surface area contributed by atoms with E-state index in [0.717, 1.165) is 11.8 Å². The fourth-order valence-corrected chi connectivity index (χ4v) is 2.99. The predicted octanol–water partition coefficient (Wildman–Crippen LogP) is 3.97. The average molecular weight is 394 g/mol. The van der Waals surface area contributed by atoms with Crippen LogP contribution in [0.1, 0.15) is 5.56 Å². The Labute approximate surface area is 158 Å². The van der Waals surface area contributed by atoms with Gasteiger partial charge in [-0.2, -0.15) is 13.2 Å². The number of halogens is 3. The maximum atomic E-state index is 13.0. The highest BCUT2D eigenvalue weighted by molar-refractivity contribution is 5.90. The van der Waals surface area contributed by atoms with Gasteiger partial charge in [-0.15, -0.1) is 0 Å². The van der Waals surface area contributed by atoms with Crippen molar-refractivity contribution in [3.8, 4) is 0 Å². The Kier molecular flexibility index (Phi) is 5.39. The Hall–Kier alpha value is -3.30. The van der Waals surface area contributed by atoms with Crippen LogP contribution in [0.3, 0.4) is 0 Å². The lowest BCUT2D eigenvalue weighted by molar-refractivity contribution is -0.384. The molecule has 1 saturated heterocycles. The van der Waals surface area contributed by atoms with Crippen molar-refractivity contribution < 1.29 is 22.9 Å². The Morgan fingerprint density at radius 2 is 1.61 bits per heavy atom. The third kappa shape index (κ3) is 4.33. The van der Waals surface area contributed by atoms with Gasteiger partial charge in [-0.25, -0.2) is 4.79 Å². The van der Waals surface area contributed by atoms with Crippen molar-refractivity contribution in [2.75, 3.05) is 36.4 Å². The molecular weight excluding hydrogens is 377 g/mol. The van der Waals surface area contributed by atoms with Crippen molar-refractivity contribution in [2.24, 2.45) is 0 Å². The number of urea groups is 1. The van der Waals surface area contributed by atoms with E-state index in [1.165, 1.54) is 35.2 Å². The number of para-hydroxylation sites is 1. The van der Waals surface area contributed by atoms with Crippen LogP contribution in [0.4, 0.5) is 35.0 Å². The van der Waals surface area contributed by atoms with Gasteiger partial charge in [-0.3, -0.25) is 10.1 Å². The summed E-state index contributed by atoms with van der Waals surface area (Å²) in [5, 5.41) is 13.0. The van der Waals surface area contributed by atoms with E-state index in [-0.39, 0.29) is 11.4 Å². The fourth-order valence-electron chi connectivity index (χ4n) is 2.99. The molecule has 2 aromatic rings. The first-order valence-electron chi connectivity index (χ1n) is 8.47. The van der Waals surface area contributed by atoms with Gasteiger partial charge in [-0.1, -0.05) is 12.1 Å². The third-order valence-corrected chi connectivity index (χ3v) is 4.47. The molecule has 0 spiro atoms. The average Bonchev–Trinajstić information content (AvgIpc) is 2.68. The first kappa shape index (κ1) is 19.5. The summed E-state index contributed by atoms with van der Waals surface area (Å²) in [6.45, 7) is 1.56. The van der Waals surface area contributed by atoms with Crippen molar-refractivity contribution >= 4 is 23.1 Å². The van der Waals surface area contributed by atoms with E-state index in [9.17, 15) is 28.1 Å². The van der Waals surface area contributed by atoms with Gasteiger partial charge in [-0.05, 0) is 24.3 Å². The molecule has 0 aromatic heterocycles. The number of nitro benzene ring substituents is 1. The molecule has 2 aromatic carbocycles. The molecule has 0 saturated carbocycles. The maximum Gasteiger partial charge on any atom is 0.418 e. The van der Waals surface area contributed by atoms with Crippen molar-refractivity contribution in [1.29, 1.82) is 0 Å². The number of piperazine rings is 1. The molecule has 0 unspecified atom stereocenters. The summed E-state index contributed by atoms with van der Waals surface area (Å²) in [5.74, 6) is 0. The van der Waals surface area contributed by atoms with Gasteiger partial charge in [0.15, 0.2) is 0 Å². The number of anilines is 2. The molecule has 1 aliphatic heterocycles. The van der Waals surface area contributed by atoms with Crippen LogP contribution in [-0.4, -0.2) is 42.0 Å². The molecule has 7 nitrogen and oxygen atoms in total. The summed E-state index contributed by atoms with van der Waals surface area (Å²) in [5.41, 5.74) is -0.399. The summed E-state index contributed by atoms with van der Waals surface area (Å²) in [7, 11) is 0. The summed E-state index contributed by atoms with van der Waals surface area (Å²) in [6, 6.07) is 10.3. The van der Waals surface area contributed by atoms with Crippen LogP contribution in [0, 0.1) is 10.1 Å². The number of carbonyl (C=O) groups excluding carboxylic acids is 1. The molecule has 1 aliphatic rings. The second kappa shape index (κ2) is 7.75. The summed E-state index contributed by atoms with van der Waals surface area (Å²) < 4.78 is 39.1. The second-order valence-corrected chi connectivity index (χ2v) is 6.22. The first-order valence-corrected chi connectivity index (χ1v) is 8.47. The molecule has 10 heteroatoms. The summed E-state index contributed by atoms with van der Waals surface area (Å²) in [6.07, 6.45) is -4.56.